The number of pyridine rings is 1. The summed E-state index contributed by atoms with van der Waals surface area (Å²) in [6.45, 7) is -1.09. The fourth-order valence-electron chi connectivity index (χ4n) is 2.21. The van der Waals surface area contributed by atoms with E-state index < -0.39 is 12.8 Å². The van der Waals surface area contributed by atoms with Gasteiger partial charge in [0.15, 0.2) is 24.1 Å². The number of nitrogens with zero attached hydrogens (tertiary/aromatic N) is 2. The van der Waals surface area contributed by atoms with Crippen LogP contribution in [0.4, 0.5) is 18.9 Å². The van der Waals surface area contributed by atoms with Crippen molar-refractivity contribution in [1.29, 1.82) is 0 Å². The number of anilines is 1. The molecule has 10 heteroatoms. The molecule has 0 aliphatic carbocycles. The first-order valence-corrected chi connectivity index (χ1v) is 8.19. The second-order valence-electron chi connectivity index (χ2n) is 5.53. The van der Waals surface area contributed by atoms with Crippen molar-refractivity contribution in [1.82, 2.24) is 10.3 Å². The van der Waals surface area contributed by atoms with Gasteiger partial charge in [0.2, 0.25) is 5.88 Å². The summed E-state index contributed by atoms with van der Waals surface area (Å²) in [7, 11) is 4.68. The van der Waals surface area contributed by atoms with Crippen LogP contribution in [0, 0.1) is 0 Å². The number of benzene rings is 1. The predicted molar refractivity (Wildman–Crippen MR) is 99.2 cm³/mol. The van der Waals surface area contributed by atoms with Gasteiger partial charge in [-0.3, -0.25) is 4.99 Å². The molecule has 1 heterocycles. The second kappa shape index (κ2) is 9.67. The third-order valence-electron chi connectivity index (χ3n) is 3.51. The molecule has 0 aliphatic rings. The van der Waals surface area contributed by atoms with Gasteiger partial charge >= 0.3 is 6.18 Å². The van der Waals surface area contributed by atoms with E-state index in [1.807, 2.05) is 0 Å². The van der Waals surface area contributed by atoms with E-state index in [-0.39, 0.29) is 5.88 Å². The van der Waals surface area contributed by atoms with Gasteiger partial charge < -0.3 is 24.8 Å². The molecule has 28 heavy (non-hydrogen) atoms. The molecule has 0 spiro atoms. The Kier molecular flexibility index (Phi) is 7.30. The summed E-state index contributed by atoms with van der Waals surface area (Å²) < 4.78 is 51.8. The molecule has 0 radical (unpaired) electrons. The van der Waals surface area contributed by atoms with Gasteiger partial charge in [-0.05, 0) is 23.8 Å². The van der Waals surface area contributed by atoms with Crippen molar-refractivity contribution in [3.63, 3.8) is 0 Å². The summed E-state index contributed by atoms with van der Waals surface area (Å²) in [4.78, 5) is 7.89. The zero-order valence-corrected chi connectivity index (χ0v) is 15.6. The van der Waals surface area contributed by atoms with E-state index in [0.717, 1.165) is 5.69 Å². The van der Waals surface area contributed by atoms with Crippen LogP contribution in [0.25, 0.3) is 0 Å². The van der Waals surface area contributed by atoms with Gasteiger partial charge in [0.25, 0.3) is 0 Å². The molecule has 0 unspecified atom stereocenters. The topological polar surface area (TPSA) is 77.0 Å². The van der Waals surface area contributed by atoms with Crippen molar-refractivity contribution in [3.8, 4) is 17.4 Å². The van der Waals surface area contributed by atoms with Gasteiger partial charge in [0, 0.05) is 37.6 Å². The lowest BCUT2D eigenvalue weighted by Crippen LogP contribution is -2.30. The fourth-order valence-corrected chi connectivity index (χ4v) is 2.21. The van der Waals surface area contributed by atoms with Crippen LogP contribution >= 0.6 is 0 Å². The van der Waals surface area contributed by atoms with E-state index in [2.05, 4.69) is 25.3 Å². The first kappa shape index (κ1) is 21.1. The van der Waals surface area contributed by atoms with Crippen molar-refractivity contribution >= 4 is 11.6 Å². The average Bonchev–Trinajstić information content (AvgIpc) is 2.69. The van der Waals surface area contributed by atoms with Gasteiger partial charge in [-0.2, -0.15) is 13.2 Å². The molecule has 7 nitrogen and oxygen atoms in total. The van der Waals surface area contributed by atoms with Gasteiger partial charge in [-0.25, -0.2) is 4.98 Å². The standard InChI is InChI=1S/C18H21F3N4O3/c1-22-17(25-13-4-5-14(26-2)15(9-13)27-3)24-10-12-6-7-23-16(8-12)28-11-18(19,20)21/h4-9H,10-11H2,1-3H3,(H2,22,24,25). The van der Waals surface area contributed by atoms with E-state index in [4.69, 9.17) is 9.47 Å². The van der Waals surface area contributed by atoms with Crippen LogP contribution in [0.15, 0.2) is 41.5 Å². The SMILES string of the molecule is CN=C(NCc1ccnc(OCC(F)(F)F)c1)Nc1ccc(OC)c(OC)c1. The van der Waals surface area contributed by atoms with E-state index in [1.54, 1.807) is 38.4 Å². The minimum atomic E-state index is -4.42. The third kappa shape index (κ3) is 6.53. The average molecular weight is 398 g/mol. The summed E-state index contributed by atoms with van der Waals surface area (Å²) in [6, 6.07) is 8.39. The smallest absolute Gasteiger partial charge is 0.422 e. The zero-order valence-electron chi connectivity index (χ0n) is 15.6. The first-order chi connectivity index (χ1) is 13.3. The molecular formula is C18H21F3N4O3. The monoisotopic (exact) mass is 398 g/mol. The Morgan fingerprint density at radius 2 is 1.86 bits per heavy atom. The van der Waals surface area contributed by atoms with Crippen LogP contribution in [-0.4, -0.2) is 45.0 Å². The number of halogens is 3. The lowest BCUT2D eigenvalue weighted by Gasteiger charge is -2.14. The number of alkyl halides is 3. The highest BCUT2D eigenvalue weighted by Gasteiger charge is 2.28. The Labute approximate surface area is 160 Å². The van der Waals surface area contributed by atoms with Gasteiger partial charge in [-0.1, -0.05) is 0 Å². The highest BCUT2D eigenvalue weighted by atomic mass is 19.4. The Balaban J connectivity index is 1.97. The van der Waals surface area contributed by atoms with Crippen molar-refractivity contribution in [2.75, 3.05) is 33.2 Å². The van der Waals surface area contributed by atoms with Crippen LogP contribution in [-0.2, 0) is 6.54 Å². The number of hydrogen-bond donors (Lipinski definition) is 2. The Morgan fingerprint density at radius 1 is 1.11 bits per heavy atom. The molecule has 0 saturated heterocycles. The molecule has 0 bridgehead atoms. The molecule has 1 aromatic carbocycles. The van der Waals surface area contributed by atoms with Crippen LogP contribution < -0.4 is 24.8 Å². The number of rotatable bonds is 7. The molecule has 1 aromatic heterocycles. The molecule has 0 fully saturated rings. The summed E-state index contributed by atoms with van der Waals surface area (Å²) in [5.74, 6) is 1.52. The quantitative estimate of drug-likeness (QED) is 0.551. The van der Waals surface area contributed by atoms with Crippen LogP contribution in [0.5, 0.6) is 17.4 Å². The molecule has 2 rings (SSSR count). The van der Waals surface area contributed by atoms with E-state index in [9.17, 15) is 13.2 Å². The number of guanidine groups is 1. The van der Waals surface area contributed by atoms with Gasteiger partial charge in [-0.15, -0.1) is 0 Å². The minimum Gasteiger partial charge on any atom is -0.493 e. The molecule has 0 amide bonds. The minimum absolute atomic E-state index is 0.0977. The van der Waals surface area contributed by atoms with Gasteiger partial charge in [0.05, 0.1) is 14.2 Å². The van der Waals surface area contributed by atoms with E-state index in [1.165, 1.54) is 19.4 Å². The van der Waals surface area contributed by atoms with Crippen molar-refractivity contribution in [2.24, 2.45) is 4.99 Å². The number of ether oxygens (including phenoxy) is 3. The molecule has 2 N–H and O–H groups in total. The lowest BCUT2D eigenvalue weighted by molar-refractivity contribution is -0.154. The highest BCUT2D eigenvalue weighted by molar-refractivity contribution is 5.93. The number of methoxy groups -OCH3 is 2. The summed E-state index contributed by atoms with van der Waals surface area (Å²) in [5.41, 5.74) is 1.40. The van der Waals surface area contributed by atoms with Crippen molar-refractivity contribution in [2.45, 2.75) is 12.7 Å². The van der Waals surface area contributed by atoms with Crippen molar-refractivity contribution in [3.05, 3.63) is 42.1 Å². The Hall–Kier alpha value is -3.17. The number of nitrogens with one attached hydrogen (secondary N) is 2. The molecule has 0 aliphatic heterocycles. The van der Waals surface area contributed by atoms with Crippen molar-refractivity contribution < 1.29 is 27.4 Å². The molecular weight excluding hydrogens is 377 g/mol. The predicted octanol–water partition coefficient (Wildman–Crippen LogP) is 3.23. The summed E-state index contributed by atoms with van der Waals surface area (Å²) in [6.07, 6.45) is -3.03. The Bertz CT molecular complexity index is 813. The fraction of sp³-hybridized carbons (Fsp3) is 0.333. The first-order valence-electron chi connectivity index (χ1n) is 8.19. The molecule has 0 saturated carbocycles. The van der Waals surface area contributed by atoms with E-state index >= 15 is 0 Å². The lowest BCUT2D eigenvalue weighted by atomic mass is 10.2. The Morgan fingerprint density at radius 3 is 2.50 bits per heavy atom. The maximum atomic E-state index is 12.2. The number of aliphatic imine (C=N–C) groups is 1. The maximum Gasteiger partial charge on any atom is 0.422 e. The molecule has 152 valence electrons. The van der Waals surface area contributed by atoms with Crippen LogP contribution in [0.1, 0.15) is 5.56 Å². The molecule has 2 aromatic rings. The maximum absolute atomic E-state index is 12.2. The largest absolute Gasteiger partial charge is 0.493 e. The number of aromatic nitrogens is 1. The second-order valence-corrected chi connectivity index (χ2v) is 5.53. The summed E-state index contributed by atoms with van der Waals surface area (Å²) >= 11 is 0. The van der Waals surface area contributed by atoms with Gasteiger partial charge in [0.1, 0.15) is 0 Å². The molecule has 0 atom stereocenters. The van der Waals surface area contributed by atoms with E-state index in [0.29, 0.717) is 29.6 Å². The highest BCUT2D eigenvalue weighted by Crippen LogP contribution is 2.29. The third-order valence-corrected chi connectivity index (χ3v) is 3.51. The normalized spacial score (nSPS) is 11.7. The zero-order chi connectivity index (χ0) is 20.6. The number of hydrogen-bond acceptors (Lipinski definition) is 5. The van der Waals surface area contributed by atoms with Crippen LogP contribution in [0.3, 0.4) is 0 Å². The summed E-state index contributed by atoms with van der Waals surface area (Å²) in [5, 5.41) is 6.15. The van der Waals surface area contributed by atoms with Crippen LogP contribution in [0.2, 0.25) is 0 Å².